The number of hydrazine groups is 1. The smallest absolute Gasteiger partial charge is 0.350 e. The molecule has 228 valence electrons. The number of carbonyl (C=O) groups excluding carboxylic acids is 1. The largest absolute Gasteiger partial charge is 0.389 e. The molecule has 1 aromatic carbocycles. The average molecular weight is 616 g/mol. The Morgan fingerprint density at radius 2 is 1.98 bits per heavy atom. The van der Waals surface area contributed by atoms with Crippen molar-refractivity contribution < 1.29 is 26.9 Å². The van der Waals surface area contributed by atoms with Crippen LogP contribution in [0.1, 0.15) is 41.7 Å². The third-order valence-electron chi connectivity index (χ3n) is 8.35. The van der Waals surface area contributed by atoms with Gasteiger partial charge in [0.2, 0.25) is 0 Å². The van der Waals surface area contributed by atoms with Crippen LogP contribution in [0, 0.1) is 11.2 Å². The Kier molecular flexibility index (Phi) is 7.57. The van der Waals surface area contributed by atoms with Gasteiger partial charge in [0.15, 0.2) is 5.78 Å². The highest BCUT2D eigenvalue weighted by molar-refractivity contribution is 7.86. The number of aromatic nitrogens is 1. The molecule has 0 amide bonds. The average Bonchev–Trinajstić information content (AvgIpc) is 2.96. The summed E-state index contributed by atoms with van der Waals surface area (Å²) in [6.45, 7) is 0.678. The molecule has 0 radical (unpaired) electrons. The van der Waals surface area contributed by atoms with Crippen molar-refractivity contribution in [2.75, 3.05) is 25.6 Å². The summed E-state index contributed by atoms with van der Waals surface area (Å²) in [6.07, 6.45) is 5.39. The maximum Gasteiger partial charge on any atom is 0.350 e. The van der Waals surface area contributed by atoms with Crippen molar-refractivity contribution in [3.63, 3.8) is 0 Å². The van der Waals surface area contributed by atoms with Crippen LogP contribution in [0.2, 0.25) is 0 Å². The zero-order valence-electron chi connectivity index (χ0n) is 23.4. The van der Waals surface area contributed by atoms with Crippen molar-refractivity contribution >= 4 is 22.5 Å². The number of benzene rings is 1. The summed E-state index contributed by atoms with van der Waals surface area (Å²) >= 11 is 0. The highest BCUT2D eigenvalue weighted by atomic mass is 32.2. The first-order chi connectivity index (χ1) is 20.5. The summed E-state index contributed by atoms with van der Waals surface area (Å²) in [6, 6.07) is 3.74. The van der Waals surface area contributed by atoms with Crippen molar-refractivity contribution in [3.8, 4) is 0 Å². The maximum absolute atomic E-state index is 15.6. The van der Waals surface area contributed by atoms with Crippen LogP contribution < -0.4 is 22.2 Å². The van der Waals surface area contributed by atoms with Crippen LogP contribution in [-0.2, 0) is 21.8 Å². The number of allylic oxidation sites excluding steroid dienone is 3. The maximum atomic E-state index is 15.6. The number of halogens is 3. The number of hydrogen-bond acceptors (Lipinski definition) is 9. The van der Waals surface area contributed by atoms with Crippen LogP contribution in [0.25, 0.3) is 0 Å². The van der Waals surface area contributed by atoms with Gasteiger partial charge in [0.25, 0.3) is 0 Å². The number of Topliss-reactive ketones (excluding diaryl/α,β-unsaturated/α-hetero) is 1. The van der Waals surface area contributed by atoms with Crippen LogP contribution >= 0.6 is 0 Å². The van der Waals surface area contributed by atoms with Crippen LogP contribution in [0.3, 0.4) is 0 Å². The lowest BCUT2D eigenvalue weighted by Gasteiger charge is -2.49. The van der Waals surface area contributed by atoms with Gasteiger partial charge in [-0.3, -0.25) is 9.78 Å². The number of anilines is 1. The van der Waals surface area contributed by atoms with Crippen molar-refractivity contribution in [1.82, 2.24) is 19.6 Å². The van der Waals surface area contributed by atoms with Crippen molar-refractivity contribution in [1.29, 1.82) is 0 Å². The first-order valence-electron chi connectivity index (χ1n) is 13.8. The van der Waals surface area contributed by atoms with E-state index in [9.17, 15) is 13.4 Å². The number of ketones is 1. The molecular formula is C29H32F3N7O3S. The van der Waals surface area contributed by atoms with Crippen LogP contribution in [0.15, 0.2) is 76.9 Å². The lowest BCUT2D eigenvalue weighted by Crippen LogP contribution is -2.58. The fourth-order valence-electron chi connectivity index (χ4n) is 6.26. The molecule has 2 aliphatic heterocycles. The Labute approximate surface area is 249 Å². The number of ether oxygens (including phenoxy) is 1. The first kappa shape index (κ1) is 29.4. The molecule has 4 bridgehead atoms. The second kappa shape index (κ2) is 11.1. The lowest BCUT2D eigenvalue weighted by molar-refractivity contribution is -0.0515. The normalized spacial score (nSPS) is 25.8. The van der Waals surface area contributed by atoms with Crippen molar-refractivity contribution in [2.45, 2.75) is 43.8 Å². The number of alkyl halides is 2. The highest BCUT2D eigenvalue weighted by Crippen LogP contribution is 2.53. The fourth-order valence-corrected chi connectivity index (χ4v) is 7.61. The van der Waals surface area contributed by atoms with Gasteiger partial charge >= 0.3 is 6.05 Å². The van der Waals surface area contributed by atoms with Gasteiger partial charge in [-0.2, -0.15) is 8.78 Å². The minimum absolute atomic E-state index is 0.0437. The summed E-state index contributed by atoms with van der Waals surface area (Å²) < 4.78 is 65.8. The molecule has 2 aliphatic carbocycles. The number of carbonyl (C=O) groups is 1. The molecule has 2 fully saturated rings. The van der Waals surface area contributed by atoms with Gasteiger partial charge in [0.1, 0.15) is 27.5 Å². The molecule has 43 heavy (non-hydrogen) atoms. The van der Waals surface area contributed by atoms with Gasteiger partial charge in [-0.25, -0.2) is 18.7 Å². The number of nitrogens with two attached hydrogens (primary N) is 2. The van der Waals surface area contributed by atoms with E-state index in [-0.39, 0.29) is 41.1 Å². The number of fused-ring (bicyclic) bond motifs is 3. The lowest BCUT2D eigenvalue weighted by atomic mass is 9.61. The molecule has 14 heteroatoms. The zero-order valence-corrected chi connectivity index (χ0v) is 24.2. The molecule has 2 aromatic rings. The van der Waals surface area contributed by atoms with Crippen LogP contribution in [0.5, 0.6) is 0 Å². The predicted molar refractivity (Wildman–Crippen MR) is 154 cm³/mol. The molecule has 1 saturated carbocycles. The highest BCUT2D eigenvalue weighted by Gasteiger charge is 2.54. The van der Waals surface area contributed by atoms with Gasteiger partial charge in [-0.05, 0) is 61.7 Å². The number of nitrogens with one attached hydrogen (secondary N) is 2. The summed E-state index contributed by atoms with van der Waals surface area (Å²) in [5.74, 6) is 4.90. The molecule has 1 spiro atoms. The molecule has 4 aliphatic rings. The van der Waals surface area contributed by atoms with E-state index in [2.05, 4.69) is 15.6 Å². The van der Waals surface area contributed by atoms with Crippen LogP contribution in [0.4, 0.5) is 18.9 Å². The SMILES string of the molecule is CN(N)/C=C(\N)S(=O)N(C1COC1)C1CCC2=CC(Nc3ccc(F)cc3)=C3CC2(C1)C(=O)c1cc(ccn1)C(F)(F)N3. The third-order valence-corrected chi connectivity index (χ3v) is 9.84. The van der Waals surface area contributed by atoms with Gasteiger partial charge in [0.05, 0.1) is 30.4 Å². The molecule has 3 heterocycles. The van der Waals surface area contributed by atoms with E-state index in [4.69, 9.17) is 16.3 Å². The monoisotopic (exact) mass is 615 g/mol. The van der Waals surface area contributed by atoms with Gasteiger partial charge < -0.3 is 26.1 Å². The minimum Gasteiger partial charge on any atom is -0.389 e. The topological polar surface area (TPSA) is 139 Å². The Morgan fingerprint density at radius 1 is 1.23 bits per heavy atom. The standard InChI is InChI=1S/C29H32F3N7O3S/c1-38(34)14-26(33)43(41)39(22-15-42-16-22)21-7-2-17-10-23(36-20-5-3-19(30)4-6-20)25-13-28(17,12-21)27(40)24-11-18(8-9-35-24)29(31,32)37-25/h3-6,8-11,14,21-22,36-37H,2,7,12-13,15-16,33-34H2,1H3/b26-14+. The quantitative estimate of drug-likeness (QED) is 0.210. The van der Waals surface area contributed by atoms with Crippen LogP contribution in [-0.4, -0.2) is 56.6 Å². The van der Waals surface area contributed by atoms with E-state index in [1.54, 1.807) is 17.4 Å². The van der Waals surface area contributed by atoms with Gasteiger partial charge in [-0.15, -0.1) is 0 Å². The molecule has 6 rings (SSSR count). The van der Waals surface area contributed by atoms with E-state index in [1.165, 1.54) is 47.7 Å². The number of hydrogen-bond donors (Lipinski definition) is 4. The second-order valence-electron chi connectivity index (χ2n) is 11.3. The predicted octanol–water partition coefficient (Wildman–Crippen LogP) is 3.18. The number of rotatable bonds is 7. The Bertz CT molecular complexity index is 1560. The Hall–Kier alpha value is -3.72. The van der Waals surface area contributed by atoms with Gasteiger partial charge in [-0.1, -0.05) is 5.57 Å². The fraction of sp³-hybridized carbons (Fsp3) is 0.379. The molecule has 1 aromatic heterocycles. The minimum atomic E-state index is -3.52. The Morgan fingerprint density at radius 3 is 2.65 bits per heavy atom. The van der Waals surface area contributed by atoms with E-state index < -0.39 is 39.9 Å². The molecule has 10 nitrogen and oxygen atoms in total. The van der Waals surface area contributed by atoms with E-state index in [0.29, 0.717) is 37.4 Å². The second-order valence-corrected chi connectivity index (χ2v) is 12.7. The first-order valence-corrected chi connectivity index (χ1v) is 14.9. The van der Waals surface area contributed by atoms with Gasteiger partial charge in [0, 0.05) is 48.9 Å². The van der Waals surface area contributed by atoms with Crippen molar-refractivity contribution in [3.05, 3.63) is 93.9 Å². The Balaban J connectivity index is 1.44. The summed E-state index contributed by atoms with van der Waals surface area (Å²) in [5.41, 5.74) is 6.20. The molecular weight excluding hydrogens is 583 g/mol. The molecule has 3 unspecified atom stereocenters. The molecule has 3 atom stereocenters. The summed E-state index contributed by atoms with van der Waals surface area (Å²) in [7, 11) is -0.242. The third kappa shape index (κ3) is 5.44. The molecule has 6 N–H and O–H groups in total. The van der Waals surface area contributed by atoms with E-state index >= 15 is 8.78 Å². The molecule has 1 saturated heterocycles. The summed E-state index contributed by atoms with van der Waals surface area (Å²) in [4.78, 5) is 18.6. The zero-order chi connectivity index (χ0) is 30.5. The summed E-state index contributed by atoms with van der Waals surface area (Å²) in [5, 5.41) is 6.80. The van der Waals surface area contributed by atoms with E-state index in [0.717, 1.165) is 11.6 Å². The van der Waals surface area contributed by atoms with E-state index in [1.807, 2.05) is 0 Å². The van der Waals surface area contributed by atoms with Crippen molar-refractivity contribution in [2.24, 2.45) is 17.0 Å². The number of nitrogens with zero attached hydrogens (tertiary/aromatic N) is 3. The number of pyridine rings is 1.